The molecule has 0 aliphatic carbocycles. The van der Waals surface area contributed by atoms with E-state index in [2.05, 4.69) is 5.10 Å². The van der Waals surface area contributed by atoms with Crippen LogP contribution in [0.3, 0.4) is 0 Å². The predicted octanol–water partition coefficient (Wildman–Crippen LogP) is -0.0437. The third-order valence-corrected chi connectivity index (χ3v) is 3.31. The second-order valence-electron chi connectivity index (χ2n) is 4.65. The lowest BCUT2D eigenvalue weighted by molar-refractivity contribution is 0.578. The molecule has 0 bridgehead atoms. The van der Waals surface area contributed by atoms with Gasteiger partial charge in [-0.05, 0) is 19.4 Å². The van der Waals surface area contributed by atoms with Gasteiger partial charge in [-0.3, -0.25) is 18.6 Å². The SMILES string of the molecule is CCc1cc(Cn2c(=O)c(N)cn(CC)c2=O)n(C)n1. The Hall–Kier alpha value is -2.31. The topological polar surface area (TPSA) is 87.8 Å². The Morgan fingerprint density at radius 2 is 2.00 bits per heavy atom. The van der Waals surface area contributed by atoms with Crippen LogP contribution in [0.5, 0.6) is 0 Å². The summed E-state index contributed by atoms with van der Waals surface area (Å²) in [5.41, 5.74) is 6.66. The molecule has 0 saturated carbocycles. The van der Waals surface area contributed by atoms with Crippen molar-refractivity contribution in [3.05, 3.63) is 44.5 Å². The van der Waals surface area contributed by atoms with E-state index in [1.54, 1.807) is 11.7 Å². The van der Waals surface area contributed by atoms with Crippen molar-refractivity contribution in [3.8, 4) is 0 Å². The van der Waals surface area contributed by atoms with Crippen molar-refractivity contribution in [2.45, 2.75) is 33.4 Å². The molecule has 20 heavy (non-hydrogen) atoms. The minimum absolute atomic E-state index is 0.0735. The number of nitrogens with two attached hydrogens (primary N) is 1. The molecule has 0 atom stereocenters. The van der Waals surface area contributed by atoms with Gasteiger partial charge in [0.1, 0.15) is 5.69 Å². The fourth-order valence-electron chi connectivity index (χ4n) is 2.10. The van der Waals surface area contributed by atoms with Gasteiger partial charge in [0.2, 0.25) is 0 Å². The summed E-state index contributed by atoms with van der Waals surface area (Å²) >= 11 is 0. The second kappa shape index (κ2) is 5.36. The summed E-state index contributed by atoms with van der Waals surface area (Å²) < 4.78 is 4.26. The molecule has 0 saturated heterocycles. The van der Waals surface area contributed by atoms with Gasteiger partial charge in [0.05, 0.1) is 17.9 Å². The number of hydrogen-bond acceptors (Lipinski definition) is 4. The Morgan fingerprint density at radius 3 is 2.55 bits per heavy atom. The molecule has 0 aliphatic heterocycles. The highest BCUT2D eigenvalue weighted by Crippen LogP contribution is 2.04. The first-order valence-electron chi connectivity index (χ1n) is 6.59. The molecule has 0 amide bonds. The number of aromatic nitrogens is 4. The van der Waals surface area contributed by atoms with Gasteiger partial charge in [-0.25, -0.2) is 4.79 Å². The molecule has 7 nitrogen and oxygen atoms in total. The molecule has 2 aromatic rings. The lowest BCUT2D eigenvalue weighted by atomic mass is 10.3. The van der Waals surface area contributed by atoms with Crippen molar-refractivity contribution in [1.82, 2.24) is 18.9 Å². The van der Waals surface area contributed by atoms with Crippen LogP contribution in [0.2, 0.25) is 0 Å². The fraction of sp³-hybridized carbons (Fsp3) is 0.462. The first-order chi connectivity index (χ1) is 9.47. The van der Waals surface area contributed by atoms with Crippen LogP contribution in [-0.2, 0) is 26.6 Å². The summed E-state index contributed by atoms with van der Waals surface area (Å²) in [5, 5.41) is 4.31. The van der Waals surface area contributed by atoms with Crippen LogP contribution in [0.25, 0.3) is 0 Å². The fourth-order valence-corrected chi connectivity index (χ4v) is 2.10. The third-order valence-electron chi connectivity index (χ3n) is 3.31. The van der Waals surface area contributed by atoms with Crippen LogP contribution in [0.4, 0.5) is 5.69 Å². The second-order valence-corrected chi connectivity index (χ2v) is 4.65. The van der Waals surface area contributed by atoms with Crippen molar-refractivity contribution in [1.29, 1.82) is 0 Å². The molecule has 2 N–H and O–H groups in total. The van der Waals surface area contributed by atoms with Gasteiger partial charge in [0.15, 0.2) is 0 Å². The zero-order valence-electron chi connectivity index (χ0n) is 12.0. The van der Waals surface area contributed by atoms with E-state index in [0.717, 1.165) is 22.4 Å². The van der Waals surface area contributed by atoms with Gasteiger partial charge in [-0.1, -0.05) is 6.92 Å². The number of nitrogens with zero attached hydrogens (tertiary/aromatic N) is 4. The summed E-state index contributed by atoms with van der Waals surface area (Å²) in [4.78, 5) is 24.3. The molecule has 0 spiro atoms. The van der Waals surface area contributed by atoms with Crippen LogP contribution in [-0.4, -0.2) is 18.9 Å². The van der Waals surface area contributed by atoms with E-state index in [9.17, 15) is 9.59 Å². The smallest absolute Gasteiger partial charge is 0.331 e. The highest BCUT2D eigenvalue weighted by molar-refractivity contribution is 5.31. The zero-order chi connectivity index (χ0) is 14.9. The van der Waals surface area contributed by atoms with Gasteiger partial charge in [0.25, 0.3) is 5.56 Å². The molecular formula is C13H19N5O2. The van der Waals surface area contributed by atoms with E-state index in [-0.39, 0.29) is 17.9 Å². The molecule has 108 valence electrons. The third kappa shape index (κ3) is 2.38. The van der Waals surface area contributed by atoms with Crippen molar-refractivity contribution >= 4 is 5.69 Å². The standard InChI is InChI=1S/C13H19N5O2/c1-4-9-6-10(16(3)15-9)7-18-12(19)11(14)8-17(5-2)13(18)20/h6,8H,4-5,7,14H2,1-3H3. The minimum Gasteiger partial charge on any atom is -0.393 e. The van der Waals surface area contributed by atoms with Gasteiger partial charge in [0, 0.05) is 19.8 Å². The van der Waals surface area contributed by atoms with E-state index >= 15 is 0 Å². The van der Waals surface area contributed by atoms with E-state index in [1.807, 2.05) is 19.9 Å². The van der Waals surface area contributed by atoms with Crippen LogP contribution in [0.15, 0.2) is 21.9 Å². The average Bonchev–Trinajstić information content (AvgIpc) is 2.79. The summed E-state index contributed by atoms with van der Waals surface area (Å²) in [6.45, 7) is 4.47. The number of aryl methyl sites for hydroxylation is 3. The molecule has 2 aromatic heterocycles. The molecular weight excluding hydrogens is 258 g/mol. The Balaban J connectivity index is 2.53. The van der Waals surface area contributed by atoms with Crippen molar-refractivity contribution in [2.75, 3.05) is 5.73 Å². The molecule has 2 heterocycles. The first-order valence-corrected chi connectivity index (χ1v) is 6.59. The summed E-state index contributed by atoms with van der Waals surface area (Å²) in [5.74, 6) is 0. The number of nitrogen functional groups attached to an aromatic ring is 1. The van der Waals surface area contributed by atoms with Gasteiger partial charge < -0.3 is 5.73 Å². The Kier molecular flexibility index (Phi) is 3.78. The highest BCUT2D eigenvalue weighted by Gasteiger charge is 2.12. The van der Waals surface area contributed by atoms with Crippen LogP contribution in [0, 0.1) is 0 Å². The summed E-state index contributed by atoms with van der Waals surface area (Å²) in [6, 6.07) is 1.89. The van der Waals surface area contributed by atoms with Crippen molar-refractivity contribution in [2.24, 2.45) is 7.05 Å². The largest absolute Gasteiger partial charge is 0.393 e. The predicted molar refractivity (Wildman–Crippen MR) is 76.7 cm³/mol. The normalized spacial score (nSPS) is 10.9. The molecule has 0 unspecified atom stereocenters. The lowest BCUT2D eigenvalue weighted by Crippen LogP contribution is -2.41. The monoisotopic (exact) mass is 277 g/mol. The molecule has 2 rings (SSSR count). The summed E-state index contributed by atoms with van der Waals surface area (Å²) in [6.07, 6.45) is 2.20. The maximum Gasteiger partial charge on any atom is 0.331 e. The Morgan fingerprint density at radius 1 is 1.30 bits per heavy atom. The molecule has 0 fully saturated rings. The highest BCUT2D eigenvalue weighted by atomic mass is 16.2. The van der Waals surface area contributed by atoms with E-state index in [4.69, 9.17) is 5.73 Å². The maximum absolute atomic E-state index is 12.2. The van der Waals surface area contributed by atoms with E-state index in [1.165, 1.54) is 10.8 Å². The average molecular weight is 277 g/mol. The minimum atomic E-state index is -0.459. The van der Waals surface area contributed by atoms with Crippen LogP contribution >= 0.6 is 0 Å². The van der Waals surface area contributed by atoms with E-state index < -0.39 is 5.56 Å². The number of anilines is 1. The maximum atomic E-state index is 12.2. The Bertz CT molecular complexity index is 738. The molecule has 0 aliphatic rings. The molecule has 7 heteroatoms. The van der Waals surface area contributed by atoms with Crippen LogP contribution < -0.4 is 17.0 Å². The molecule has 0 aromatic carbocycles. The Labute approximate surface area is 116 Å². The van der Waals surface area contributed by atoms with Crippen LogP contribution in [0.1, 0.15) is 25.2 Å². The van der Waals surface area contributed by atoms with Crippen molar-refractivity contribution in [3.63, 3.8) is 0 Å². The summed E-state index contributed by atoms with van der Waals surface area (Å²) in [7, 11) is 1.80. The molecule has 0 radical (unpaired) electrons. The van der Waals surface area contributed by atoms with Crippen molar-refractivity contribution < 1.29 is 0 Å². The first kappa shape index (κ1) is 14.1. The van der Waals surface area contributed by atoms with E-state index in [0.29, 0.717) is 6.54 Å². The number of rotatable bonds is 4. The van der Waals surface area contributed by atoms with Gasteiger partial charge in [-0.15, -0.1) is 0 Å². The zero-order valence-corrected chi connectivity index (χ0v) is 12.0. The van der Waals surface area contributed by atoms with Gasteiger partial charge >= 0.3 is 5.69 Å². The van der Waals surface area contributed by atoms with Gasteiger partial charge in [-0.2, -0.15) is 5.10 Å². The quantitative estimate of drug-likeness (QED) is 0.849. The number of hydrogen-bond donors (Lipinski definition) is 1. The lowest BCUT2D eigenvalue weighted by Gasteiger charge is -2.10.